The molecule has 3 heterocycles. The topological polar surface area (TPSA) is 63.0 Å². The second-order valence-electron chi connectivity index (χ2n) is 5.53. The summed E-state index contributed by atoms with van der Waals surface area (Å²) >= 11 is 6.09. The third-order valence-corrected chi connectivity index (χ3v) is 4.30. The van der Waals surface area contributed by atoms with Crippen molar-refractivity contribution in [3.05, 3.63) is 54.3 Å². The fraction of sp³-hybridized carbons (Fsp3) is 0.250. The lowest BCUT2D eigenvalue weighted by Gasteiger charge is -2.36. The zero-order valence-corrected chi connectivity index (χ0v) is 13.7. The van der Waals surface area contributed by atoms with Crippen molar-refractivity contribution in [2.24, 2.45) is 0 Å². The van der Waals surface area contributed by atoms with Crippen LogP contribution >= 0.6 is 11.6 Å². The van der Waals surface area contributed by atoms with E-state index in [4.69, 9.17) is 11.6 Å². The summed E-state index contributed by atoms with van der Waals surface area (Å²) in [5, 5.41) is 4.88. The first-order valence-electron chi connectivity index (χ1n) is 7.72. The quantitative estimate of drug-likeness (QED) is 0.726. The van der Waals surface area contributed by atoms with Crippen LogP contribution in [0.4, 0.5) is 11.5 Å². The molecule has 0 amide bonds. The number of aromatic nitrogens is 5. The molecule has 0 bridgehead atoms. The Bertz CT molecular complexity index is 813. The van der Waals surface area contributed by atoms with Gasteiger partial charge in [-0.05, 0) is 18.2 Å². The van der Waals surface area contributed by atoms with Crippen LogP contribution in [0.25, 0.3) is 5.82 Å². The van der Waals surface area contributed by atoms with E-state index in [-0.39, 0.29) is 0 Å². The van der Waals surface area contributed by atoms with E-state index in [1.165, 1.54) is 6.33 Å². The number of halogens is 1. The van der Waals surface area contributed by atoms with Gasteiger partial charge in [-0.3, -0.25) is 0 Å². The second-order valence-corrected chi connectivity index (χ2v) is 5.96. The SMILES string of the molecule is Clc1cccc(N2CCN(c3cc(-n4cncn4)ncn3)CC2)c1. The van der Waals surface area contributed by atoms with Crippen LogP contribution in [0.2, 0.25) is 5.02 Å². The molecule has 7 nitrogen and oxygen atoms in total. The van der Waals surface area contributed by atoms with Crippen molar-refractivity contribution in [2.45, 2.75) is 0 Å². The van der Waals surface area contributed by atoms with Gasteiger partial charge in [0, 0.05) is 43.0 Å². The Morgan fingerprint density at radius 3 is 2.42 bits per heavy atom. The van der Waals surface area contributed by atoms with Gasteiger partial charge >= 0.3 is 0 Å². The summed E-state index contributed by atoms with van der Waals surface area (Å²) in [5.74, 6) is 1.62. The summed E-state index contributed by atoms with van der Waals surface area (Å²) in [6, 6.07) is 9.91. The molecule has 0 N–H and O–H groups in total. The average molecular weight is 342 g/mol. The van der Waals surface area contributed by atoms with Gasteiger partial charge in [0.1, 0.15) is 24.8 Å². The Labute approximate surface area is 144 Å². The fourth-order valence-corrected chi connectivity index (χ4v) is 3.01. The van der Waals surface area contributed by atoms with Crippen LogP contribution in [0.5, 0.6) is 0 Å². The van der Waals surface area contributed by atoms with Gasteiger partial charge in [-0.15, -0.1) is 0 Å². The van der Waals surface area contributed by atoms with Gasteiger partial charge in [0.25, 0.3) is 0 Å². The first-order chi connectivity index (χ1) is 11.8. The van der Waals surface area contributed by atoms with Crippen molar-refractivity contribution >= 4 is 23.1 Å². The van der Waals surface area contributed by atoms with E-state index >= 15 is 0 Å². The van der Waals surface area contributed by atoms with E-state index in [1.54, 1.807) is 17.3 Å². The minimum atomic E-state index is 0.717. The number of piperazine rings is 1. The highest BCUT2D eigenvalue weighted by atomic mass is 35.5. The highest BCUT2D eigenvalue weighted by Gasteiger charge is 2.19. The molecule has 0 saturated carbocycles. The average Bonchev–Trinajstić information content (AvgIpc) is 3.17. The van der Waals surface area contributed by atoms with Gasteiger partial charge in [-0.1, -0.05) is 17.7 Å². The highest BCUT2D eigenvalue weighted by Crippen LogP contribution is 2.22. The van der Waals surface area contributed by atoms with Crippen LogP contribution < -0.4 is 9.80 Å². The molecule has 24 heavy (non-hydrogen) atoms. The first-order valence-corrected chi connectivity index (χ1v) is 8.10. The van der Waals surface area contributed by atoms with Gasteiger partial charge < -0.3 is 9.80 Å². The van der Waals surface area contributed by atoms with Crippen molar-refractivity contribution < 1.29 is 0 Å². The van der Waals surface area contributed by atoms with Crippen molar-refractivity contribution in [3.63, 3.8) is 0 Å². The minimum Gasteiger partial charge on any atom is -0.368 e. The van der Waals surface area contributed by atoms with Crippen molar-refractivity contribution in [1.82, 2.24) is 24.7 Å². The maximum Gasteiger partial charge on any atom is 0.160 e. The molecule has 3 aromatic rings. The largest absolute Gasteiger partial charge is 0.368 e. The third kappa shape index (κ3) is 3.03. The van der Waals surface area contributed by atoms with Gasteiger partial charge in [-0.2, -0.15) is 5.10 Å². The summed E-state index contributed by atoms with van der Waals surface area (Å²) in [6.45, 7) is 3.62. The second kappa shape index (κ2) is 6.45. The zero-order chi connectivity index (χ0) is 16.4. The van der Waals surface area contributed by atoms with Crippen molar-refractivity contribution in [3.8, 4) is 5.82 Å². The number of rotatable bonds is 3. The molecular formula is C16H16ClN7. The molecule has 4 rings (SSSR count). The number of hydrogen-bond acceptors (Lipinski definition) is 6. The van der Waals surface area contributed by atoms with E-state index in [2.05, 4.69) is 35.9 Å². The lowest BCUT2D eigenvalue weighted by Crippen LogP contribution is -2.46. The molecule has 1 aliphatic rings. The Morgan fingerprint density at radius 2 is 1.67 bits per heavy atom. The molecule has 1 aliphatic heterocycles. The van der Waals surface area contributed by atoms with E-state index in [9.17, 15) is 0 Å². The molecular weight excluding hydrogens is 326 g/mol. The molecule has 2 aromatic heterocycles. The molecule has 0 atom stereocenters. The maximum atomic E-state index is 6.09. The molecule has 0 aliphatic carbocycles. The van der Waals surface area contributed by atoms with Gasteiger partial charge in [0.05, 0.1) is 0 Å². The first kappa shape index (κ1) is 14.9. The molecule has 8 heteroatoms. The monoisotopic (exact) mass is 341 g/mol. The Hall–Kier alpha value is -2.67. The van der Waals surface area contributed by atoms with Crippen LogP contribution in [0.3, 0.4) is 0 Å². The predicted molar refractivity (Wildman–Crippen MR) is 92.8 cm³/mol. The summed E-state index contributed by atoms with van der Waals surface area (Å²) in [4.78, 5) is 17.2. The number of hydrogen-bond donors (Lipinski definition) is 0. The van der Waals surface area contributed by atoms with Crippen LogP contribution in [-0.2, 0) is 0 Å². The standard InChI is InChI=1S/C16H16ClN7/c17-13-2-1-3-14(8-13)22-4-6-23(7-5-22)15-9-16(20-11-19-15)24-12-18-10-21-24/h1-3,8-12H,4-7H2. The zero-order valence-electron chi connectivity index (χ0n) is 13.0. The van der Waals surface area contributed by atoms with Crippen LogP contribution in [0.1, 0.15) is 0 Å². The lowest BCUT2D eigenvalue weighted by atomic mass is 10.2. The smallest absolute Gasteiger partial charge is 0.160 e. The summed E-state index contributed by atoms with van der Waals surface area (Å²) in [5.41, 5.74) is 1.16. The molecule has 1 aromatic carbocycles. The molecule has 1 saturated heterocycles. The van der Waals surface area contributed by atoms with Gasteiger partial charge in [-0.25, -0.2) is 19.6 Å². The highest BCUT2D eigenvalue weighted by molar-refractivity contribution is 6.30. The summed E-state index contributed by atoms with van der Waals surface area (Å²) in [6.07, 6.45) is 4.68. The Morgan fingerprint density at radius 1 is 0.875 bits per heavy atom. The van der Waals surface area contributed by atoms with E-state index in [0.717, 1.165) is 48.5 Å². The molecule has 0 radical (unpaired) electrons. The normalized spacial score (nSPS) is 14.9. The summed E-state index contributed by atoms with van der Waals surface area (Å²) in [7, 11) is 0. The number of benzene rings is 1. The molecule has 1 fully saturated rings. The minimum absolute atomic E-state index is 0.717. The van der Waals surface area contributed by atoms with Crippen molar-refractivity contribution in [1.29, 1.82) is 0 Å². The van der Waals surface area contributed by atoms with Crippen LogP contribution in [0, 0.1) is 0 Å². The van der Waals surface area contributed by atoms with E-state index in [0.29, 0.717) is 0 Å². The Kier molecular flexibility index (Phi) is 4.00. The molecule has 0 unspecified atom stereocenters. The van der Waals surface area contributed by atoms with E-state index < -0.39 is 0 Å². The number of nitrogens with zero attached hydrogens (tertiary/aromatic N) is 7. The number of anilines is 2. The van der Waals surface area contributed by atoms with Crippen LogP contribution in [0.15, 0.2) is 49.3 Å². The van der Waals surface area contributed by atoms with Crippen LogP contribution in [-0.4, -0.2) is 50.9 Å². The van der Waals surface area contributed by atoms with Crippen molar-refractivity contribution in [2.75, 3.05) is 36.0 Å². The maximum absolute atomic E-state index is 6.09. The predicted octanol–water partition coefficient (Wildman–Crippen LogP) is 2.04. The fourth-order valence-electron chi connectivity index (χ4n) is 2.83. The summed E-state index contributed by atoms with van der Waals surface area (Å²) < 4.78 is 1.63. The van der Waals surface area contributed by atoms with Gasteiger partial charge in [0.2, 0.25) is 0 Å². The molecule has 0 spiro atoms. The molecule has 122 valence electrons. The lowest BCUT2D eigenvalue weighted by molar-refractivity contribution is 0.646. The van der Waals surface area contributed by atoms with E-state index in [1.807, 2.05) is 24.3 Å². The Balaban J connectivity index is 1.47. The van der Waals surface area contributed by atoms with Gasteiger partial charge in [0.15, 0.2) is 5.82 Å². The third-order valence-electron chi connectivity index (χ3n) is 4.07.